The van der Waals surface area contributed by atoms with Crippen LogP contribution in [-0.2, 0) is 4.74 Å². The lowest BCUT2D eigenvalue weighted by Gasteiger charge is -2.37. The second-order valence-corrected chi connectivity index (χ2v) is 5.36. The van der Waals surface area contributed by atoms with Crippen LogP contribution in [-0.4, -0.2) is 43.8 Å². The predicted octanol–water partition coefficient (Wildman–Crippen LogP) is 2.51. The number of ether oxygens (including phenoxy) is 1. The summed E-state index contributed by atoms with van der Waals surface area (Å²) in [7, 11) is 0. The highest BCUT2D eigenvalue weighted by Crippen LogP contribution is 2.25. The summed E-state index contributed by atoms with van der Waals surface area (Å²) in [5, 5.41) is 3.39. The predicted molar refractivity (Wildman–Crippen MR) is 79.4 cm³/mol. The van der Waals surface area contributed by atoms with Gasteiger partial charge in [-0.1, -0.05) is 31.5 Å². The summed E-state index contributed by atoms with van der Waals surface area (Å²) in [4.78, 5) is 2.35. The minimum Gasteiger partial charge on any atom is -0.374 e. The van der Waals surface area contributed by atoms with Crippen LogP contribution in [0.5, 0.6) is 0 Å². The van der Waals surface area contributed by atoms with Crippen LogP contribution < -0.4 is 5.32 Å². The van der Waals surface area contributed by atoms with Crippen molar-refractivity contribution in [3.63, 3.8) is 0 Å². The zero-order chi connectivity index (χ0) is 14.5. The molecule has 0 aliphatic carbocycles. The van der Waals surface area contributed by atoms with E-state index >= 15 is 0 Å². The minimum absolute atomic E-state index is 0.0000463. The molecule has 0 bridgehead atoms. The Bertz CT molecular complexity index is 438. The fraction of sp³-hybridized carbons (Fsp3) is 0.625. The standard InChI is InChI=1S/C16H25FN2O/c1-4-18-16(13-10-12(3)6-7-14(13)17)15-11-19(5-2)8-9-20-15/h6-7,10,15-16,18H,4-5,8-9,11H2,1-3H3. The van der Waals surface area contributed by atoms with Gasteiger partial charge in [-0.3, -0.25) is 4.90 Å². The van der Waals surface area contributed by atoms with E-state index in [-0.39, 0.29) is 18.0 Å². The maximum atomic E-state index is 14.2. The minimum atomic E-state index is -0.154. The van der Waals surface area contributed by atoms with Crippen LogP contribution in [0, 0.1) is 12.7 Å². The van der Waals surface area contributed by atoms with Gasteiger partial charge in [0.2, 0.25) is 0 Å². The molecule has 1 aliphatic rings. The third kappa shape index (κ3) is 3.57. The van der Waals surface area contributed by atoms with Crippen molar-refractivity contribution in [2.75, 3.05) is 32.8 Å². The van der Waals surface area contributed by atoms with Gasteiger partial charge in [-0.05, 0) is 26.1 Å². The number of aryl methyl sites for hydroxylation is 1. The SMILES string of the molecule is CCNC(c1cc(C)ccc1F)C1CN(CC)CCO1. The zero-order valence-corrected chi connectivity index (χ0v) is 12.7. The first-order valence-electron chi connectivity index (χ1n) is 7.49. The Hall–Kier alpha value is -0.970. The number of benzene rings is 1. The maximum Gasteiger partial charge on any atom is 0.128 e. The highest BCUT2D eigenvalue weighted by Gasteiger charge is 2.29. The number of nitrogens with one attached hydrogen (secondary N) is 1. The van der Waals surface area contributed by atoms with Crippen LogP contribution >= 0.6 is 0 Å². The molecule has 0 saturated carbocycles. The smallest absolute Gasteiger partial charge is 0.128 e. The van der Waals surface area contributed by atoms with Crippen LogP contribution in [0.1, 0.15) is 31.0 Å². The number of rotatable bonds is 5. The van der Waals surface area contributed by atoms with Gasteiger partial charge in [0.25, 0.3) is 0 Å². The molecule has 2 rings (SSSR count). The first-order valence-corrected chi connectivity index (χ1v) is 7.49. The van der Waals surface area contributed by atoms with Crippen molar-refractivity contribution in [1.82, 2.24) is 10.2 Å². The van der Waals surface area contributed by atoms with Gasteiger partial charge < -0.3 is 10.1 Å². The topological polar surface area (TPSA) is 24.5 Å². The fourth-order valence-corrected chi connectivity index (χ4v) is 2.78. The monoisotopic (exact) mass is 280 g/mol. The molecule has 20 heavy (non-hydrogen) atoms. The van der Waals surface area contributed by atoms with Gasteiger partial charge in [0, 0.05) is 18.7 Å². The number of likely N-dealkylation sites (N-methyl/N-ethyl adjacent to an activating group) is 2. The van der Waals surface area contributed by atoms with E-state index in [0.717, 1.165) is 37.3 Å². The Labute approximate surface area is 121 Å². The lowest BCUT2D eigenvalue weighted by molar-refractivity contribution is -0.0459. The van der Waals surface area contributed by atoms with Gasteiger partial charge in [0.15, 0.2) is 0 Å². The Morgan fingerprint density at radius 1 is 1.45 bits per heavy atom. The first kappa shape index (κ1) is 15.4. The molecule has 1 aromatic rings. The molecule has 3 nitrogen and oxygen atoms in total. The van der Waals surface area contributed by atoms with Crippen molar-refractivity contribution in [2.45, 2.75) is 32.9 Å². The van der Waals surface area contributed by atoms with Gasteiger partial charge in [0.1, 0.15) is 5.82 Å². The Morgan fingerprint density at radius 2 is 2.25 bits per heavy atom. The van der Waals surface area contributed by atoms with Gasteiger partial charge in [-0.2, -0.15) is 0 Å². The van der Waals surface area contributed by atoms with Gasteiger partial charge in [-0.15, -0.1) is 0 Å². The number of halogens is 1. The van der Waals surface area contributed by atoms with Crippen molar-refractivity contribution in [2.24, 2.45) is 0 Å². The van der Waals surface area contributed by atoms with Crippen LogP contribution in [0.25, 0.3) is 0 Å². The average Bonchev–Trinajstić information content (AvgIpc) is 2.47. The Morgan fingerprint density at radius 3 is 2.95 bits per heavy atom. The van der Waals surface area contributed by atoms with Gasteiger partial charge in [0.05, 0.1) is 18.8 Å². The lowest BCUT2D eigenvalue weighted by Crippen LogP contribution is -2.48. The first-order chi connectivity index (χ1) is 9.65. The summed E-state index contributed by atoms with van der Waals surface area (Å²) in [6.07, 6.45) is -0.0000463. The molecule has 112 valence electrons. The summed E-state index contributed by atoms with van der Waals surface area (Å²) in [6, 6.07) is 5.20. The van der Waals surface area contributed by atoms with Gasteiger partial charge in [-0.25, -0.2) is 4.39 Å². The number of nitrogens with zero attached hydrogens (tertiary/aromatic N) is 1. The van der Waals surface area contributed by atoms with E-state index in [9.17, 15) is 4.39 Å². The second-order valence-electron chi connectivity index (χ2n) is 5.36. The molecule has 2 unspecified atom stereocenters. The molecule has 2 atom stereocenters. The summed E-state index contributed by atoms with van der Waals surface area (Å²) >= 11 is 0. The van der Waals surface area contributed by atoms with E-state index in [2.05, 4.69) is 17.1 Å². The Balaban J connectivity index is 2.23. The number of morpholine rings is 1. The highest BCUT2D eigenvalue weighted by molar-refractivity contribution is 5.28. The van der Waals surface area contributed by atoms with Crippen molar-refractivity contribution in [3.05, 3.63) is 35.1 Å². The Kier molecular flexibility index (Phi) is 5.52. The lowest BCUT2D eigenvalue weighted by atomic mass is 9.97. The van der Waals surface area contributed by atoms with Gasteiger partial charge >= 0.3 is 0 Å². The maximum absolute atomic E-state index is 14.2. The average molecular weight is 280 g/mol. The summed E-state index contributed by atoms with van der Waals surface area (Å²) in [6.45, 7) is 10.5. The third-order valence-corrected chi connectivity index (χ3v) is 3.91. The molecule has 1 N–H and O–H groups in total. The molecule has 0 radical (unpaired) electrons. The molecule has 1 aromatic carbocycles. The molecule has 0 amide bonds. The molecule has 0 aromatic heterocycles. The normalized spacial score (nSPS) is 21.9. The number of hydrogen-bond donors (Lipinski definition) is 1. The molecular weight excluding hydrogens is 255 g/mol. The molecule has 1 fully saturated rings. The molecule has 1 heterocycles. The van der Waals surface area contributed by atoms with Crippen molar-refractivity contribution in [3.8, 4) is 0 Å². The van der Waals surface area contributed by atoms with E-state index in [1.54, 1.807) is 6.07 Å². The van der Waals surface area contributed by atoms with Crippen LogP contribution in [0.2, 0.25) is 0 Å². The van der Waals surface area contributed by atoms with E-state index < -0.39 is 0 Å². The van der Waals surface area contributed by atoms with Crippen molar-refractivity contribution in [1.29, 1.82) is 0 Å². The molecule has 1 saturated heterocycles. The third-order valence-electron chi connectivity index (χ3n) is 3.91. The van der Waals surface area contributed by atoms with Crippen LogP contribution in [0.4, 0.5) is 4.39 Å². The fourth-order valence-electron chi connectivity index (χ4n) is 2.78. The molecule has 0 spiro atoms. The quantitative estimate of drug-likeness (QED) is 0.897. The number of hydrogen-bond acceptors (Lipinski definition) is 3. The highest BCUT2D eigenvalue weighted by atomic mass is 19.1. The molecule has 1 aliphatic heterocycles. The van der Waals surface area contributed by atoms with E-state index in [1.165, 1.54) is 0 Å². The van der Waals surface area contributed by atoms with E-state index in [1.807, 2.05) is 26.0 Å². The van der Waals surface area contributed by atoms with E-state index in [4.69, 9.17) is 4.74 Å². The van der Waals surface area contributed by atoms with E-state index in [0.29, 0.717) is 6.61 Å². The molecule has 4 heteroatoms. The largest absolute Gasteiger partial charge is 0.374 e. The summed E-state index contributed by atoms with van der Waals surface area (Å²) in [5.74, 6) is -0.154. The summed E-state index contributed by atoms with van der Waals surface area (Å²) in [5.41, 5.74) is 1.79. The van der Waals surface area contributed by atoms with Crippen LogP contribution in [0.15, 0.2) is 18.2 Å². The summed E-state index contributed by atoms with van der Waals surface area (Å²) < 4.78 is 20.1. The molecular formula is C16H25FN2O. The van der Waals surface area contributed by atoms with Crippen LogP contribution in [0.3, 0.4) is 0 Å². The van der Waals surface area contributed by atoms with Crippen molar-refractivity contribution < 1.29 is 9.13 Å². The zero-order valence-electron chi connectivity index (χ0n) is 12.7. The van der Waals surface area contributed by atoms with Crippen molar-refractivity contribution >= 4 is 0 Å². The second kappa shape index (κ2) is 7.16.